The Bertz CT molecular complexity index is 1880. The number of aromatic carboxylic acids is 1. The van der Waals surface area contributed by atoms with Gasteiger partial charge in [-0.05, 0) is 53.5 Å². The third-order valence-electron chi connectivity index (χ3n) is 6.10. The summed E-state index contributed by atoms with van der Waals surface area (Å²) >= 11 is 0. The molecule has 0 saturated heterocycles. The van der Waals surface area contributed by atoms with Crippen LogP contribution in [0.3, 0.4) is 0 Å². The van der Waals surface area contributed by atoms with E-state index in [1.165, 1.54) is 16.7 Å². The zero-order valence-electron chi connectivity index (χ0n) is 20.5. The van der Waals surface area contributed by atoms with Crippen LogP contribution in [0, 0.1) is 0 Å². The number of aryl methyl sites for hydroxylation is 1. The van der Waals surface area contributed by atoms with E-state index < -0.39 is 35.3 Å². The minimum Gasteiger partial charge on any atom is -0.478 e. The largest absolute Gasteiger partial charge is 0.478 e. The number of fused-ring (bicyclic) bond motifs is 2. The van der Waals surface area contributed by atoms with Crippen LogP contribution in [-0.4, -0.2) is 42.0 Å². The van der Waals surface area contributed by atoms with E-state index in [1.54, 1.807) is 44.3 Å². The summed E-state index contributed by atoms with van der Waals surface area (Å²) in [5.74, 6) is -4.21. The monoisotopic (exact) mass is 532 g/mol. The van der Waals surface area contributed by atoms with Crippen molar-refractivity contribution in [2.24, 2.45) is 7.05 Å². The van der Waals surface area contributed by atoms with Gasteiger partial charge in [-0.3, -0.25) is 18.7 Å². The fraction of sp³-hybridized carbons (Fsp3) is 0.160. The molecule has 5 rings (SSSR count). The van der Waals surface area contributed by atoms with Gasteiger partial charge in [-0.1, -0.05) is 18.2 Å². The Balaban J connectivity index is 1.38. The molecule has 0 aliphatic rings. The molecular weight excluding hydrogens is 512 g/mol. The Morgan fingerprint density at radius 1 is 1.03 bits per heavy atom. The molecule has 14 nitrogen and oxygen atoms in total. The van der Waals surface area contributed by atoms with E-state index in [4.69, 9.17) is 9.52 Å². The molecule has 14 heteroatoms. The van der Waals surface area contributed by atoms with Gasteiger partial charge >= 0.3 is 17.5 Å². The van der Waals surface area contributed by atoms with Crippen molar-refractivity contribution in [1.82, 2.24) is 29.7 Å². The van der Waals surface area contributed by atoms with E-state index in [0.29, 0.717) is 22.2 Å². The van der Waals surface area contributed by atoms with Gasteiger partial charge in [0.2, 0.25) is 0 Å². The first-order chi connectivity index (χ1) is 18.6. The fourth-order valence-electron chi connectivity index (χ4n) is 3.96. The lowest BCUT2D eigenvalue weighted by Crippen LogP contribution is -2.32. The van der Waals surface area contributed by atoms with Crippen LogP contribution in [-0.2, 0) is 13.6 Å². The molecule has 2 aromatic carbocycles. The second-order valence-corrected chi connectivity index (χ2v) is 8.64. The molecule has 5 aromatic rings. The molecule has 0 saturated carbocycles. The number of nitrogens with one attached hydrogen (secondary N) is 2. The number of carbonyl (C=O) groups excluding carboxylic acids is 2. The molecule has 2 amide bonds. The van der Waals surface area contributed by atoms with Crippen LogP contribution in [0.4, 0.5) is 0 Å². The van der Waals surface area contributed by atoms with Gasteiger partial charge in [0, 0.05) is 13.6 Å². The number of carbonyl (C=O) groups is 3. The van der Waals surface area contributed by atoms with Crippen LogP contribution in [0.2, 0.25) is 0 Å². The number of hydrogen-bond donors (Lipinski definition) is 3. The van der Waals surface area contributed by atoms with Crippen LogP contribution < -0.4 is 22.1 Å². The lowest BCUT2D eigenvalue weighted by molar-refractivity contribution is 0.0696. The Labute approximate surface area is 217 Å². The van der Waals surface area contributed by atoms with E-state index in [-0.39, 0.29) is 29.3 Å². The van der Waals surface area contributed by atoms with Gasteiger partial charge in [0.25, 0.3) is 17.6 Å². The van der Waals surface area contributed by atoms with Gasteiger partial charge in [-0.15, -0.1) is 0 Å². The number of amides is 2. The smallest absolute Gasteiger partial charge is 0.448 e. The van der Waals surface area contributed by atoms with Crippen LogP contribution in [0.15, 0.2) is 67.1 Å². The average molecular weight is 532 g/mol. The number of aromatic nitrogens is 4. The van der Waals surface area contributed by atoms with Crippen molar-refractivity contribution in [3.05, 3.63) is 97.7 Å². The number of carboxylic acid groups (broad SMARTS) is 1. The highest BCUT2D eigenvalue weighted by molar-refractivity contribution is 5.98. The SMILES string of the molecule is C[C@@H](NC(=O)c1cc(C(=O)NCc2ccc3oc(=O)n(C)c3c2)nc2noc(=O)n12)c1ccc(C(=O)O)cc1. The minimum atomic E-state index is -1.08. The lowest BCUT2D eigenvalue weighted by Gasteiger charge is -2.15. The first kappa shape index (κ1) is 25.1. The molecule has 39 heavy (non-hydrogen) atoms. The van der Waals surface area contributed by atoms with Crippen molar-refractivity contribution in [1.29, 1.82) is 0 Å². The maximum atomic E-state index is 13.1. The minimum absolute atomic E-state index is 0.0670. The zero-order chi connectivity index (χ0) is 27.8. The third-order valence-corrected chi connectivity index (χ3v) is 6.10. The van der Waals surface area contributed by atoms with Gasteiger partial charge < -0.3 is 20.2 Å². The van der Waals surface area contributed by atoms with Crippen molar-refractivity contribution in [2.45, 2.75) is 19.5 Å². The quantitative estimate of drug-likeness (QED) is 0.275. The predicted molar refractivity (Wildman–Crippen MR) is 133 cm³/mol. The third kappa shape index (κ3) is 4.77. The van der Waals surface area contributed by atoms with Crippen molar-refractivity contribution in [3.63, 3.8) is 0 Å². The van der Waals surface area contributed by atoms with Crippen LogP contribution in [0.1, 0.15) is 55.4 Å². The molecule has 0 bridgehead atoms. The first-order valence-corrected chi connectivity index (χ1v) is 11.5. The van der Waals surface area contributed by atoms with Crippen molar-refractivity contribution < 1.29 is 28.4 Å². The van der Waals surface area contributed by atoms with Crippen molar-refractivity contribution in [2.75, 3.05) is 0 Å². The number of rotatable bonds is 7. The number of nitrogens with zero attached hydrogens (tertiary/aromatic N) is 4. The summed E-state index contributed by atoms with van der Waals surface area (Å²) in [6, 6.07) is 11.5. The Hall–Kier alpha value is -5.53. The molecule has 3 aromatic heterocycles. The van der Waals surface area contributed by atoms with E-state index in [0.717, 1.165) is 10.5 Å². The van der Waals surface area contributed by atoms with Gasteiger partial charge in [-0.2, -0.15) is 0 Å². The highest BCUT2D eigenvalue weighted by Gasteiger charge is 2.22. The summed E-state index contributed by atoms with van der Waals surface area (Å²) in [7, 11) is 1.56. The highest BCUT2D eigenvalue weighted by Crippen LogP contribution is 2.16. The Morgan fingerprint density at radius 2 is 1.77 bits per heavy atom. The van der Waals surface area contributed by atoms with Crippen LogP contribution in [0.25, 0.3) is 16.9 Å². The van der Waals surface area contributed by atoms with E-state index in [2.05, 4.69) is 25.3 Å². The van der Waals surface area contributed by atoms with Gasteiger partial charge in [0.15, 0.2) is 5.58 Å². The topological polar surface area (TPSA) is 191 Å². The van der Waals surface area contributed by atoms with Crippen molar-refractivity contribution in [3.8, 4) is 0 Å². The number of hydrogen-bond acceptors (Lipinski definition) is 9. The normalized spacial score (nSPS) is 11.9. The predicted octanol–water partition coefficient (Wildman–Crippen LogP) is 1.25. The van der Waals surface area contributed by atoms with Gasteiger partial charge in [-0.25, -0.2) is 23.8 Å². The standard InChI is InChI=1S/C25H20N6O8/c1-12(14-4-6-15(7-5-14)22(34)35)27-21(33)18-10-16(28-23-29-39-25(37)31(18)23)20(32)26-11-13-3-8-19-17(9-13)30(2)24(36)38-19/h3-10,12H,11H2,1-2H3,(H,26,32)(H,27,33)(H,34,35)/t12-/m1/s1. The molecule has 0 spiro atoms. The van der Waals surface area contributed by atoms with Gasteiger partial charge in [0.05, 0.1) is 17.1 Å². The summed E-state index contributed by atoms with van der Waals surface area (Å²) < 4.78 is 11.9. The first-order valence-electron chi connectivity index (χ1n) is 11.5. The molecule has 3 heterocycles. The summed E-state index contributed by atoms with van der Waals surface area (Å²) in [5, 5.41) is 18.0. The molecule has 0 unspecified atom stereocenters. The number of benzene rings is 2. The molecule has 1 atom stereocenters. The Kier molecular flexibility index (Phi) is 6.27. The average Bonchev–Trinajstić information content (AvgIpc) is 3.44. The van der Waals surface area contributed by atoms with Crippen LogP contribution in [0.5, 0.6) is 0 Å². The summed E-state index contributed by atoms with van der Waals surface area (Å²) in [4.78, 5) is 65.1. The molecule has 3 N–H and O–H groups in total. The highest BCUT2D eigenvalue weighted by atomic mass is 16.5. The summed E-state index contributed by atoms with van der Waals surface area (Å²) in [6.07, 6.45) is 0. The maximum Gasteiger partial charge on any atom is 0.448 e. The molecule has 0 fully saturated rings. The Morgan fingerprint density at radius 3 is 2.49 bits per heavy atom. The van der Waals surface area contributed by atoms with Crippen molar-refractivity contribution >= 4 is 34.7 Å². The maximum absolute atomic E-state index is 13.1. The van der Waals surface area contributed by atoms with Gasteiger partial charge in [0.1, 0.15) is 11.4 Å². The van der Waals surface area contributed by atoms with E-state index in [1.807, 2.05) is 0 Å². The summed E-state index contributed by atoms with van der Waals surface area (Å²) in [6.45, 7) is 1.74. The van der Waals surface area contributed by atoms with E-state index in [9.17, 15) is 24.0 Å². The molecule has 0 aliphatic carbocycles. The number of carboxylic acids is 1. The molecule has 0 aliphatic heterocycles. The molecular formula is C25H20N6O8. The molecule has 0 radical (unpaired) electrons. The summed E-state index contributed by atoms with van der Waals surface area (Å²) in [5.41, 5.74) is 1.91. The number of oxazole rings is 1. The lowest BCUT2D eigenvalue weighted by atomic mass is 10.1. The second-order valence-electron chi connectivity index (χ2n) is 8.64. The zero-order valence-corrected chi connectivity index (χ0v) is 20.5. The van der Waals surface area contributed by atoms with E-state index >= 15 is 0 Å². The second kappa shape index (κ2) is 9.74. The van der Waals surface area contributed by atoms with Crippen LogP contribution >= 0.6 is 0 Å². The fourth-order valence-corrected chi connectivity index (χ4v) is 3.96. The molecule has 198 valence electrons.